The zero-order valence-corrected chi connectivity index (χ0v) is 16.2. The highest BCUT2D eigenvalue weighted by molar-refractivity contribution is 8.00. The lowest BCUT2D eigenvalue weighted by molar-refractivity contribution is -0.144. The van der Waals surface area contributed by atoms with Crippen molar-refractivity contribution >= 4 is 29.3 Å². The number of nitrogens with one attached hydrogen (secondary N) is 1. The molecule has 0 radical (unpaired) electrons. The first kappa shape index (κ1) is 19.2. The number of thioether (sulfide) groups is 1. The smallest absolute Gasteiger partial charge is 0.316 e. The number of anilines is 1. The van der Waals surface area contributed by atoms with E-state index in [-0.39, 0.29) is 29.2 Å². The van der Waals surface area contributed by atoms with Crippen molar-refractivity contribution in [1.29, 1.82) is 0 Å². The molecule has 0 bridgehead atoms. The first-order valence-electron chi connectivity index (χ1n) is 9.12. The van der Waals surface area contributed by atoms with Gasteiger partial charge in [0.05, 0.1) is 11.5 Å². The fraction of sp³-hybridized carbons (Fsp3) is 0.130. The van der Waals surface area contributed by atoms with Gasteiger partial charge in [0, 0.05) is 16.8 Å². The largest absolute Gasteiger partial charge is 0.452 e. The highest BCUT2D eigenvalue weighted by Crippen LogP contribution is 2.45. The van der Waals surface area contributed by atoms with Crippen LogP contribution in [0.25, 0.3) is 11.1 Å². The predicted molar refractivity (Wildman–Crippen MR) is 112 cm³/mol. The van der Waals surface area contributed by atoms with Crippen LogP contribution < -0.4 is 5.32 Å². The SMILES string of the molecule is O=C(CSCC(=O)OC1c2ccccc2-c2ccccc21)Nc1ccc(F)cc1. The van der Waals surface area contributed by atoms with Crippen LogP contribution in [0.15, 0.2) is 72.8 Å². The van der Waals surface area contributed by atoms with Crippen LogP contribution in [0.4, 0.5) is 10.1 Å². The fourth-order valence-electron chi connectivity index (χ4n) is 3.36. The van der Waals surface area contributed by atoms with Crippen LogP contribution >= 0.6 is 11.8 Å². The molecule has 0 aromatic heterocycles. The van der Waals surface area contributed by atoms with Crippen molar-refractivity contribution in [2.24, 2.45) is 0 Å². The van der Waals surface area contributed by atoms with Crippen molar-refractivity contribution in [3.05, 3.63) is 89.7 Å². The molecule has 0 spiro atoms. The van der Waals surface area contributed by atoms with E-state index < -0.39 is 6.10 Å². The van der Waals surface area contributed by atoms with E-state index in [9.17, 15) is 14.0 Å². The molecule has 6 heteroatoms. The van der Waals surface area contributed by atoms with Crippen LogP contribution in [0.5, 0.6) is 0 Å². The third-order valence-electron chi connectivity index (χ3n) is 4.61. The van der Waals surface area contributed by atoms with Crippen LogP contribution in [0.2, 0.25) is 0 Å². The van der Waals surface area contributed by atoms with Crippen molar-refractivity contribution in [2.45, 2.75) is 6.10 Å². The Morgan fingerprint density at radius 1 is 0.862 bits per heavy atom. The normalized spacial score (nSPS) is 12.2. The Morgan fingerprint density at radius 2 is 1.45 bits per heavy atom. The zero-order chi connectivity index (χ0) is 20.2. The van der Waals surface area contributed by atoms with Gasteiger partial charge < -0.3 is 10.1 Å². The van der Waals surface area contributed by atoms with E-state index in [0.717, 1.165) is 22.3 Å². The molecule has 0 heterocycles. The number of rotatable bonds is 6. The maximum absolute atomic E-state index is 12.9. The standard InChI is InChI=1S/C23H18FNO3S/c24-15-9-11-16(12-10-15)25-21(26)13-29-14-22(27)28-23-19-7-3-1-5-17(19)18-6-2-4-8-20(18)23/h1-12,23H,13-14H2,(H,25,26). The average molecular weight is 407 g/mol. The van der Waals surface area contributed by atoms with E-state index >= 15 is 0 Å². The van der Waals surface area contributed by atoms with Crippen LogP contribution in [0.1, 0.15) is 17.2 Å². The van der Waals surface area contributed by atoms with E-state index in [4.69, 9.17) is 4.74 Å². The number of halogens is 1. The number of esters is 1. The number of carbonyl (C=O) groups is 2. The summed E-state index contributed by atoms with van der Waals surface area (Å²) in [6, 6.07) is 21.3. The minimum absolute atomic E-state index is 0.0671. The quantitative estimate of drug-likeness (QED) is 0.596. The monoisotopic (exact) mass is 407 g/mol. The van der Waals surface area contributed by atoms with Crippen molar-refractivity contribution in [2.75, 3.05) is 16.8 Å². The van der Waals surface area contributed by atoms with Gasteiger partial charge in [0.2, 0.25) is 5.91 Å². The van der Waals surface area contributed by atoms with E-state index in [2.05, 4.69) is 5.32 Å². The van der Waals surface area contributed by atoms with Gasteiger partial charge in [-0.2, -0.15) is 0 Å². The Balaban J connectivity index is 1.32. The van der Waals surface area contributed by atoms with Gasteiger partial charge in [-0.25, -0.2) is 4.39 Å². The van der Waals surface area contributed by atoms with Gasteiger partial charge in [-0.05, 0) is 35.4 Å². The lowest BCUT2D eigenvalue weighted by Gasteiger charge is -2.15. The lowest BCUT2D eigenvalue weighted by Crippen LogP contribution is -2.17. The Labute approximate surface area is 172 Å². The number of amides is 1. The highest BCUT2D eigenvalue weighted by Gasteiger charge is 2.30. The summed E-state index contributed by atoms with van der Waals surface area (Å²) in [4.78, 5) is 24.4. The van der Waals surface area contributed by atoms with E-state index in [1.165, 1.54) is 36.0 Å². The number of carbonyl (C=O) groups excluding carboxylic acids is 2. The van der Waals surface area contributed by atoms with E-state index in [1.807, 2.05) is 48.5 Å². The van der Waals surface area contributed by atoms with Crippen molar-refractivity contribution < 1.29 is 18.7 Å². The predicted octanol–water partition coefficient (Wildman–Crippen LogP) is 4.81. The molecular formula is C23H18FNO3S. The molecule has 0 aliphatic heterocycles. The lowest BCUT2D eigenvalue weighted by atomic mass is 10.1. The molecule has 0 unspecified atom stereocenters. The molecule has 146 valence electrons. The van der Waals surface area contributed by atoms with Gasteiger partial charge in [0.25, 0.3) is 0 Å². The molecule has 1 aliphatic rings. The summed E-state index contributed by atoms with van der Waals surface area (Å²) in [6.07, 6.45) is -0.427. The Bertz CT molecular complexity index is 1010. The molecule has 1 amide bonds. The maximum atomic E-state index is 12.9. The van der Waals surface area contributed by atoms with Crippen LogP contribution in [0, 0.1) is 5.82 Å². The van der Waals surface area contributed by atoms with Gasteiger partial charge in [-0.15, -0.1) is 11.8 Å². The van der Waals surface area contributed by atoms with Crippen LogP contribution in [0.3, 0.4) is 0 Å². The first-order valence-corrected chi connectivity index (χ1v) is 10.3. The molecule has 0 fully saturated rings. The van der Waals surface area contributed by atoms with E-state index in [0.29, 0.717) is 5.69 Å². The summed E-state index contributed by atoms with van der Waals surface area (Å²) in [7, 11) is 0. The van der Waals surface area contributed by atoms with Gasteiger partial charge in [0.1, 0.15) is 5.82 Å². The summed E-state index contributed by atoms with van der Waals surface area (Å²) in [5.41, 5.74) is 4.61. The summed E-state index contributed by atoms with van der Waals surface area (Å²) in [5.74, 6) is -0.829. The molecule has 0 saturated heterocycles. The van der Waals surface area contributed by atoms with Gasteiger partial charge >= 0.3 is 5.97 Å². The highest BCUT2D eigenvalue weighted by atomic mass is 32.2. The molecular weight excluding hydrogens is 389 g/mol. The third-order valence-corrected chi connectivity index (χ3v) is 5.51. The molecule has 4 rings (SSSR count). The molecule has 3 aromatic rings. The van der Waals surface area contributed by atoms with Crippen LogP contribution in [-0.4, -0.2) is 23.4 Å². The summed E-state index contributed by atoms with van der Waals surface area (Å²) in [5, 5.41) is 2.66. The second-order valence-electron chi connectivity index (χ2n) is 6.59. The second-order valence-corrected chi connectivity index (χ2v) is 7.58. The van der Waals surface area contributed by atoms with E-state index in [1.54, 1.807) is 0 Å². The fourth-order valence-corrected chi connectivity index (χ4v) is 3.95. The minimum Gasteiger partial charge on any atom is -0.452 e. The Hall–Kier alpha value is -3.12. The number of fused-ring (bicyclic) bond motifs is 3. The average Bonchev–Trinajstić information content (AvgIpc) is 3.04. The summed E-state index contributed by atoms with van der Waals surface area (Å²) in [6.45, 7) is 0. The molecule has 29 heavy (non-hydrogen) atoms. The van der Waals surface area contributed by atoms with Crippen molar-refractivity contribution in [1.82, 2.24) is 0 Å². The third kappa shape index (κ3) is 4.32. The molecule has 3 aromatic carbocycles. The number of benzene rings is 3. The topological polar surface area (TPSA) is 55.4 Å². The molecule has 0 saturated carbocycles. The summed E-state index contributed by atoms with van der Waals surface area (Å²) >= 11 is 1.18. The van der Waals surface area contributed by atoms with Crippen LogP contribution in [-0.2, 0) is 14.3 Å². The minimum atomic E-state index is -0.427. The summed E-state index contributed by atoms with van der Waals surface area (Å²) < 4.78 is 18.6. The zero-order valence-electron chi connectivity index (χ0n) is 15.4. The van der Waals surface area contributed by atoms with Crippen molar-refractivity contribution in [3.63, 3.8) is 0 Å². The maximum Gasteiger partial charge on any atom is 0.316 e. The number of ether oxygens (including phenoxy) is 1. The first-order chi connectivity index (χ1) is 14.1. The molecule has 1 aliphatic carbocycles. The van der Waals surface area contributed by atoms with Gasteiger partial charge in [-0.1, -0.05) is 48.5 Å². The van der Waals surface area contributed by atoms with Crippen molar-refractivity contribution in [3.8, 4) is 11.1 Å². The van der Waals surface area contributed by atoms with Gasteiger partial charge in [-0.3, -0.25) is 9.59 Å². The molecule has 0 atom stereocenters. The molecule has 4 nitrogen and oxygen atoms in total. The molecule has 1 N–H and O–H groups in total. The Kier molecular flexibility index (Phi) is 5.62. The number of hydrogen-bond acceptors (Lipinski definition) is 4. The Morgan fingerprint density at radius 3 is 2.07 bits per heavy atom. The second kappa shape index (κ2) is 8.49. The number of hydrogen-bond donors (Lipinski definition) is 1. The van der Waals surface area contributed by atoms with Gasteiger partial charge in [0.15, 0.2) is 6.10 Å².